The van der Waals surface area contributed by atoms with Gasteiger partial charge in [0.25, 0.3) is 0 Å². The molecule has 7 nitrogen and oxygen atoms in total. The number of carbonyl (C=O) groups is 1. The number of rotatable bonds is 9. The van der Waals surface area contributed by atoms with Crippen molar-refractivity contribution in [3.63, 3.8) is 0 Å². The quantitative estimate of drug-likeness (QED) is 0.692. The zero-order chi connectivity index (χ0) is 20.7. The van der Waals surface area contributed by atoms with E-state index in [9.17, 15) is 13.2 Å². The first kappa shape index (κ1) is 21.6. The third-order valence-corrected chi connectivity index (χ3v) is 5.24. The molecule has 1 N–H and O–H groups in total. The van der Waals surface area contributed by atoms with Crippen LogP contribution in [0.2, 0.25) is 0 Å². The van der Waals surface area contributed by atoms with Crippen molar-refractivity contribution in [1.82, 2.24) is 5.32 Å². The van der Waals surface area contributed by atoms with E-state index in [-0.39, 0.29) is 12.6 Å². The number of amides is 1. The lowest BCUT2D eigenvalue weighted by Crippen LogP contribution is -2.41. The molecule has 2 aromatic carbocycles. The molecular weight excluding hydrogens is 380 g/mol. The standard InChI is InChI=1S/C20H26N2O5S/c1-5-27-19-8-6-7-17(13-19)22(28(4,24)25)14-20(23)21-15(2)16-9-11-18(26-3)12-10-16/h6-13,15H,5,14H2,1-4H3,(H,21,23). The van der Waals surface area contributed by atoms with Crippen LogP contribution in [0.15, 0.2) is 48.5 Å². The van der Waals surface area contributed by atoms with Crippen molar-refractivity contribution in [2.24, 2.45) is 0 Å². The van der Waals surface area contributed by atoms with Gasteiger partial charge in [-0.05, 0) is 43.7 Å². The van der Waals surface area contributed by atoms with Crippen molar-refractivity contribution < 1.29 is 22.7 Å². The fourth-order valence-electron chi connectivity index (χ4n) is 2.69. The van der Waals surface area contributed by atoms with Gasteiger partial charge in [0.05, 0.1) is 31.7 Å². The number of carbonyl (C=O) groups excluding carboxylic acids is 1. The van der Waals surface area contributed by atoms with E-state index in [1.54, 1.807) is 43.5 Å². The molecule has 1 amide bonds. The number of anilines is 1. The molecule has 152 valence electrons. The van der Waals surface area contributed by atoms with Gasteiger partial charge in [-0.2, -0.15) is 0 Å². The first-order chi connectivity index (χ1) is 13.2. The minimum Gasteiger partial charge on any atom is -0.497 e. The fourth-order valence-corrected chi connectivity index (χ4v) is 3.54. The van der Waals surface area contributed by atoms with Crippen LogP contribution in [0.1, 0.15) is 25.5 Å². The topological polar surface area (TPSA) is 84.9 Å². The maximum atomic E-state index is 12.5. The Morgan fingerprint density at radius 1 is 1.14 bits per heavy atom. The Bertz CT molecular complexity index is 897. The second-order valence-corrected chi connectivity index (χ2v) is 8.17. The molecule has 2 aromatic rings. The summed E-state index contributed by atoms with van der Waals surface area (Å²) in [6.45, 7) is 3.81. The van der Waals surface area contributed by atoms with Gasteiger partial charge in [-0.25, -0.2) is 8.42 Å². The predicted molar refractivity (Wildman–Crippen MR) is 109 cm³/mol. The smallest absolute Gasteiger partial charge is 0.241 e. The summed E-state index contributed by atoms with van der Waals surface area (Å²) in [5.74, 6) is 0.857. The van der Waals surface area contributed by atoms with Crippen LogP contribution in [-0.4, -0.2) is 40.8 Å². The molecule has 0 heterocycles. The Hall–Kier alpha value is -2.74. The first-order valence-corrected chi connectivity index (χ1v) is 10.7. The molecule has 1 unspecified atom stereocenters. The van der Waals surface area contributed by atoms with Gasteiger partial charge in [0, 0.05) is 6.07 Å². The lowest BCUT2D eigenvalue weighted by atomic mass is 10.1. The molecule has 0 aliphatic carbocycles. The molecule has 8 heteroatoms. The summed E-state index contributed by atoms with van der Waals surface area (Å²) in [5.41, 5.74) is 1.26. The molecule has 0 aromatic heterocycles. The average Bonchev–Trinajstić information content (AvgIpc) is 2.65. The monoisotopic (exact) mass is 406 g/mol. The number of hydrogen-bond acceptors (Lipinski definition) is 5. The van der Waals surface area contributed by atoms with E-state index in [4.69, 9.17) is 9.47 Å². The van der Waals surface area contributed by atoms with Gasteiger partial charge in [0.1, 0.15) is 18.0 Å². The number of benzene rings is 2. The van der Waals surface area contributed by atoms with Crippen molar-refractivity contribution in [3.8, 4) is 11.5 Å². The van der Waals surface area contributed by atoms with E-state index in [2.05, 4.69) is 5.32 Å². The summed E-state index contributed by atoms with van der Waals surface area (Å²) in [7, 11) is -2.07. The van der Waals surface area contributed by atoms with E-state index in [0.717, 1.165) is 21.9 Å². The summed E-state index contributed by atoms with van der Waals surface area (Å²) >= 11 is 0. The SMILES string of the molecule is CCOc1cccc(N(CC(=O)NC(C)c2ccc(OC)cc2)S(C)(=O)=O)c1. The Kier molecular flexibility index (Phi) is 7.28. The molecule has 0 bridgehead atoms. The van der Waals surface area contributed by atoms with E-state index in [0.29, 0.717) is 18.0 Å². The highest BCUT2D eigenvalue weighted by Gasteiger charge is 2.22. The number of sulfonamides is 1. The largest absolute Gasteiger partial charge is 0.497 e. The van der Waals surface area contributed by atoms with Crippen LogP contribution in [-0.2, 0) is 14.8 Å². The van der Waals surface area contributed by atoms with Crippen LogP contribution >= 0.6 is 0 Å². The van der Waals surface area contributed by atoms with E-state index >= 15 is 0 Å². The van der Waals surface area contributed by atoms with Crippen LogP contribution in [0.25, 0.3) is 0 Å². The van der Waals surface area contributed by atoms with E-state index < -0.39 is 15.9 Å². The van der Waals surface area contributed by atoms with Gasteiger partial charge in [-0.15, -0.1) is 0 Å². The van der Waals surface area contributed by atoms with Gasteiger partial charge < -0.3 is 14.8 Å². The van der Waals surface area contributed by atoms with Gasteiger partial charge in [0.15, 0.2) is 0 Å². The van der Waals surface area contributed by atoms with Crippen LogP contribution in [0.5, 0.6) is 11.5 Å². The van der Waals surface area contributed by atoms with Crippen molar-refractivity contribution in [2.75, 3.05) is 30.8 Å². The second-order valence-electron chi connectivity index (χ2n) is 6.26. The highest BCUT2D eigenvalue weighted by Crippen LogP contribution is 2.23. The molecule has 0 spiro atoms. The summed E-state index contributed by atoms with van der Waals surface area (Å²) in [4.78, 5) is 12.5. The second kappa shape index (κ2) is 9.45. The molecule has 1 atom stereocenters. The molecule has 2 rings (SSSR count). The Balaban J connectivity index is 2.13. The zero-order valence-corrected chi connectivity index (χ0v) is 17.3. The minimum absolute atomic E-state index is 0.283. The molecule has 0 saturated carbocycles. The van der Waals surface area contributed by atoms with Crippen molar-refractivity contribution >= 4 is 21.6 Å². The van der Waals surface area contributed by atoms with Crippen molar-refractivity contribution in [3.05, 3.63) is 54.1 Å². The van der Waals surface area contributed by atoms with Gasteiger partial charge in [-0.3, -0.25) is 9.10 Å². The first-order valence-electron chi connectivity index (χ1n) is 8.88. The number of methoxy groups -OCH3 is 1. The summed E-state index contributed by atoms with van der Waals surface area (Å²) < 4.78 is 36.1. The highest BCUT2D eigenvalue weighted by molar-refractivity contribution is 7.92. The fraction of sp³-hybridized carbons (Fsp3) is 0.350. The maximum Gasteiger partial charge on any atom is 0.241 e. The third-order valence-electron chi connectivity index (χ3n) is 4.10. The van der Waals surface area contributed by atoms with Crippen LogP contribution in [0.4, 0.5) is 5.69 Å². The normalized spacial score (nSPS) is 12.1. The Morgan fingerprint density at radius 2 is 1.82 bits per heavy atom. The lowest BCUT2D eigenvalue weighted by molar-refractivity contribution is -0.120. The van der Waals surface area contributed by atoms with Crippen LogP contribution in [0.3, 0.4) is 0 Å². The molecule has 28 heavy (non-hydrogen) atoms. The molecule has 0 fully saturated rings. The maximum absolute atomic E-state index is 12.5. The number of hydrogen-bond donors (Lipinski definition) is 1. The minimum atomic E-state index is -3.65. The van der Waals surface area contributed by atoms with E-state index in [1.807, 2.05) is 26.0 Å². The third kappa shape index (κ3) is 5.88. The van der Waals surface area contributed by atoms with Crippen LogP contribution < -0.4 is 19.1 Å². The summed E-state index contributed by atoms with van der Waals surface area (Å²) in [5, 5.41) is 2.83. The number of ether oxygens (including phenoxy) is 2. The van der Waals surface area contributed by atoms with Crippen molar-refractivity contribution in [1.29, 1.82) is 0 Å². The highest BCUT2D eigenvalue weighted by atomic mass is 32.2. The number of nitrogens with zero attached hydrogens (tertiary/aromatic N) is 1. The predicted octanol–water partition coefficient (Wildman–Crippen LogP) is 2.74. The summed E-state index contributed by atoms with van der Waals surface area (Å²) in [6, 6.07) is 13.7. The van der Waals surface area contributed by atoms with Crippen LogP contribution in [0, 0.1) is 0 Å². The molecular formula is C20H26N2O5S. The molecule has 0 aliphatic rings. The van der Waals surface area contributed by atoms with Crippen molar-refractivity contribution in [2.45, 2.75) is 19.9 Å². The Labute approximate surface area is 166 Å². The van der Waals surface area contributed by atoms with Gasteiger partial charge in [-0.1, -0.05) is 18.2 Å². The zero-order valence-electron chi connectivity index (χ0n) is 16.5. The van der Waals surface area contributed by atoms with Gasteiger partial charge >= 0.3 is 0 Å². The Morgan fingerprint density at radius 3 is 2.39 bits per heavy atom. The van der Waals surface area contributed by atoms with Gasteiger partial charge in [0.2, 0.25) is 15.9 Å². The lowest BCUT2D eigenvalue weighted by Gasteiger charge is -2.23. The number of nitrogens with one attached hydrogen (secondary N) is 1. The molecule has 0 aliphatic heterocycles. The average molecular weight is 407 g/mol. The molecule has 0 radical (unpaired) electrons. The van der Waals surface area contributed by atoms with E-state index in [1.165, 1.54) is 0 Å². The molecule has 0 saturated heterocycles. The summed E-state index contributed by atoms with van der Waals surface area (Å²) in [6.07, 6.45) is 1.07.